The zero-order valence-electron chi connectivity index (χ0n) is 11.1. The highest BCUT2D eigenvalue weighted by atomic mass is 16.5. The molecular formula is C16H22O2. The Balaban J connectivity index is 2.35. The van der Waals surface area contributed by atoms with Crippen molar-refractivity contribution in [3.8, 4) is 0 Å². The molecule has 0 aliphatic rings. The number of esters is 1. The maximum absolute atomic E-state index is 11.7. The van der Waals surface area contributed by atoms with Gasteiger partial charge in [0.25, 0.3) is 0 Å². The van der Waals surface area contributed by atoms with Crippen molar-refractivity contribution in [2.24, 2.45) is 0 Å². The molecule has 0 spiro atoms. The minimum atomic E-state index is -0.178. The third-order valence-corrected chi connectivity index (χ3v) is 2.83. The molecule has 0 bridgehead atoms. The fourth-order valence-corrected chi connectivity index (χ4v) is 1.79. The smallest absolute Gasteiger partial charge is 0.310 e. The Morgan fingerprint density at radius 2 is 2.06 bits per heavy atom. The Morgan fingerprint density at radius 3 is 2.67 bits per heavy atom. The maximum atomic E-state index is 11.7. The van der Waals surface area contributed by atoms with Crippen LogP contribution in [0.25, 0.3) is 0 Å². The van der Waals surface area contributed by atoms with E-state index in [0.29, 0.717) is 6.42 Å². The van der Waals surface area contributed by atoms with E-state index in [9.17, 15) is 4.79 Å². The number of hydrogen-bond donors (Lipinski definition) is 0. The van der Waals surface area contributed by atoms with Crippen molar-refractivity contribution in [2.75, 3.05) is 0 Å². The molecule has 2 nitrogen and oxygen atoms in total. The van der Waals surface area contributed by atoms with E-state index in [0.717, 1.165) is 18.4 Å². The first-order valence-electron chi connectivity index (χ1n) is 6.62. The molecule has 98 valence electrons. The predicted molar refractivity (Wildman–Crippen MR) is 74.4 cm³/mol. The van der Waals surface area contributed by atoms with E-state index in [4.69, 9.17) is 4.74 Å². The second kappa shape index (κ2) is 8.51. The van der Waals surface area contributed by atoms with Crippen LogP contribution < -0.4 is 0 Å². The van der Waals surface area contributed by atoms with E-state index < -0.39 is 0 Å². The zero-order valence-corrected chi connectivity index (χ0v) is 11.1. The van der Waals surface area contributed by atoms with Gasteiger partial charge < -0.3 is 4.74 Å². The summed E-state index contributed by atoms with van der Waals surface area (Å²) in [5, 5.41) is 0. The van der Waals surface area contributed by atoms with E-state index in [1.165, 1.54) is 12.8 Å². The van der Waals surface area contributed by atoms with Gasteiger partial charge in [-0.1, -0.05) is 62.8 Å². The number of hydrogen-bond acceptors (Lipinski definition) is 2. The van der Waals surface area contributed by atoms with Crippen LogP contribution in [0.15, 0.2) is 43.0 Å². The van der Waals surface area contributed by atoms with Crippen molar-refractivity contribution in [2.45, 2.75) is 45.1 Å². The van der Waals surface area contributed by atoms with Crippen LogP contribution in [0.4, 0.5) is 0 Å². The van der Waals surface area contributed by atoms with Crippen molar-refractivity contribution in [1.29, 1.82) is 0 Å². The highest BCUT2D eigenvalue weighted by molar-refractivity contribution is 5.72. The van der Waals surface area contributed by atoms with Gasteiger partial charge in [0.05, 0.1) is 6.42 Å². The van der Waals surface area contributed by atoms with Gasteiger partial charge in [0.2, 0.25) is 0 Å². The SMILES string of the molecule is C=CC(CCCCC)OC(=O)Cc1ccccc1. The monoisotopic (exact) mass is 246 g/mol. The molecular weight excluding hydrogens is 224 g/mol. The first kappa shape index (κ1) is 14.5. The minimum absolute atomic E-state index is 0.146. The van der Waals surface area contributed by atoms with Crippen LogP contribution in [0.1, 0.15) is 38.2 Å². The third-order valence-electron chi connectivity index (χ3n) is 2.83. The van der Waals surface area contributed by atoms with Gasteiger partial charge in [-0.15, -0.1) is 0 Å². The lowest BCUT2D eigenvalue weighted by Gasteiger charge is -2.13. The van der Waals surface area contributed by atoms with Gasteiger partial charge in [-0.2, -0.15) is 0 Å². The summed E-state index contributed by atoms with van der Waals surface area (Å²) < 4.78 is 5.39. The Morgan fingerprint density at radius 1 is 1.33 bits per heavy atom. The lowest BCUT2D eigenvalue weighted by atomic mass is 10.1. The van der Waals surface area contributed by atoms with Crippen LogP contribution in [0.3, 0.4) is 0 Å². The van der Waals surface area contributed by atoms with E-state index >= 15 is 0 Å². The number of benzene rings is 1. The van der Waals surface area contributed by atoms with Crippen molar-refractivity contribution in [3.05, 3.63) is 48.6 Å². The van der Waals surface area contributed by atoms with Crippen LogP contribution in [0.5, 0.6) is 0 Å². The summed E-state index contributed by atoms with van der Waals surface area (Å²) >= 11 is 0. The van der Waals surface area contributed by atoms with Gasteiger partial charge in [0.1, 0.15) is 6.10 Å². The molecule has 0 aliphatic carbocycles. The number of carbonyl (C=O) groups excluding carboxylic acids is 1. The maximum Gasteiger partial charge on any atom is 0.310 e. The number of rotatable bonds is 8. The van der Waals surface area contributed by atoms with Crippen LogP contribution in [0, 0.1) is 0 Å². The fourth-order valence-electron chi connectivity index (χ4n) is 1.79. The minimum Gasteiger partial charge on any atom is -0.458 e. The van der Waals surface area contributed by atoms with Gasteiger partial charge in [-0.25, -0.2) is 0 Å². The van der Waals surface area contributed by atoms with Gasteiger partial charge in [-0.05, 0) is 18.4 Å². The molecule has 18 heavy (non-hydrogen) atoms. The molecule has 2 heteroatoms. The molecule has 0 heterocycles. The average molecular weight is 246 g/mol. The van der Waals surface area contributed by atoms with Gasteiger partial charge in [0.15, 0.2) is 0 Å². The Labute approximate surface area is 110 Å². The quantitative estimate of drug-likeness (QED) is 0.395. The number of unbranched alkanes of at least 4 members (excludes halogenated alkanes) is 2. The standard InChI is InChI=1S/C16H22O2/c1-3-5-7-12-15(4-2)18-16(17)13-14-10-8-6-9-11-14/h4,6,8-11,15H,2-3,5,7,12-13H2,1H3. The van der Waals surface area contributed by atoms with E-state index in [-0.39, 0.29) is 12.1 Å². The van der Waals surface area contributed by atoms with Crippen molar-refractivity contribution in [1.82, 2.24) is 0 Å². The highest BCUT2D eigenvalue weighted by Crippen LogP contribution is 2.09. The largest absolute Gasteiger partial charge is 0.458 e. The van der Waals surface area contributed by atoms with E-state index in [1.54, 1.807) is 6.08 Å². The molecule has 0 saturated heterocycles. The van der Waals surface area contributed by atoms with Crippen LogP contribution >= 0.6 is 0 Å². The third kappa shape index (κ3) is 5.67. The predicted octanol–water partition coefficient (Wildman–Crippen LogP) is 3.91. The Bertz CT molecular complexity index is 357. The number of ether oxygens (including phenoxy) is 1. The molecule has 1 rings (SSSR count). The highest BCUT2D eigenvalue weighted by Gasteiger charge is 2.11. The van der Waals surface area contributed by atoms with Crippen molar-refractivity contribution < 1.29 is 9.53 Å². The topological polar surface area (TPSA) is 26.3 Å². The van der Waals surface area contributed by atoms with Crippen molar-refractivity contribution in [3.63, 3.8) is 0 Å². The lowest BCUT2D eigenvalue weighted by molar-refractivity contribution is -0.146. The van der Waals surface area contributed by atoms with E-state index in [2.05, 4.69) is 13.5 Å². The second-order valence-electron chi connectivity index (χ2n) is 4.42. The summed E-state index contributed by atoms with van der Waals surface area (Å²) in [4.78, 5) is 11.7. The molecule has 0 saturated carbocycles. The summed E-state index contributed by atoms with van der Waals surface area (Å²) in [5.74, 6) is -0.178. The first-order valence-corrected chi connectivity index (χ1v) is 6.62. The normalized spacial score (nSPS) is 11.8. The van der Waals surface area contributed by atoms with Crippen LogP contribution in [-0.2, 0) is 16.0 Å². The van der Waals surface area contributed by atoms with Crippen LogP contribution in [-0.4, -0.2) is 12.1 Å². The van der Waals surface area contributed by atoms with Crippen LogP contribution in [0.2, 0.25) is 0 Å². The fraction of sp³-hybridized carbons (Fsp3) is 0.438. The van der Waals surface area contributed by atoms with Gasteiger partial charge in [-0.3, -0.25) is 4.79 Å². The molecule has 1 unspecified atom stereocenters. The molecule has 0 aliphatic heterocycles. The van der Waals surface area contributed by atoms with Gasteiger partial charge >= 0.3 is 5.97 Å². The molecule has 0 N–H and O–H groups in total. The molecule has 1 atom stereocenters. The zero-order chi connectivity index (χ0) is 13.2. The summed E-state index contributed by atoms with van der Waals surface area (Å²) in [6.07, 6.45) is 6.19. The Kier molecular flexibility index (Phi) is 6.85. The lowest BCUT2D eigenvalue weighted by Crippen LogP contribution is -2.17. The Hall–Kier alpha value is -1.57. The summed E-state index contributed by atoms with van der Waals surface area (Å²) in [6.45, 7) is 5.88. The van der Waals surface area contributed by atoms with Crippen molar-refractivity contribution >= 4 is 5.97 Å². The van der Waals surface area contributed by atoms with E-state index in [1.807, 2.05) is 30.3 Å². The molecule has 1 aromatic carbocycles. The first-order chi connectivity index (χ1) is 8.76. The summed E-state index contributed by atoms with van der Waals surface area (Å²) in [7, 11) is 0. The molecule has 0 radical (unpaired) electrons. The molecule has 0 aromatic heterocycles. The summed E-state index contributed by atoms with van der Waals surface area (Å²) in [5.41, 5.74) is 0.985. The second-order valence-corrected chi connectivity index (χ2v) is 4.42. The van der Waals surface area contributed by atoms with Gasteiger partial charge in [0, 0.05) is 0 Å². The summed E-state index contributed by atoms with van der Waals surface area (Å²) in [6, 6.07) is 9.65. The molecule has 0 amide bonds. The average Bonchev–Trinajstić information content (AvgIpc) is 2.39. The number of carbonyl (C=O) groups is 1. The molecule has 1 aromatic rings. The molecule has 0 fully saturated rings.